The highest BCUT2D eigenvalue weighted by molar-refractivity contribution is 6.11. The van der Waals surface area contributed by atoms with Crippen LogP contribution in [0.4, 0.5) is 5.69 Å². The summed E-state index contributed by atoms with van der Waals surface area (Å²) in [6, 6.07) is 13.2. The Morgan fingerprint density at radius 1 is 1.12 bits per heavy atom. The first-order valence-electron chi connectivity index (χ1n) is 8.06. The van der Waals surface area contributed by atoms with E-state index in [0.717, 1.165) is 4.68 Å². The molecule has 3 rings (SSSR count). The monoisotopic (exact) mass is 351 g/mol. The molecule has 3 aromatic rings. The fourth-order valence-electron chi connectivity index (χ4n) is 2.60. The van der Waals surface area contributed by atoms with E-state index < -0.39 is 11.9 Å². The van der Waals surface area contributed by atoms with Gasteiger partial charge in [-0.2, -0.15) is 5.10 Å². The van der Waals surface area contributed by atoms with Crippen LogP contribution >= 0.6 is 0 Å². The number of carbonyl (C=O) groups excluding carboxylic acids is 2. The fourth-order valence-corrected chi connectivity index (χ4v) is 2.60. The molecule has 7 nitrogen and oxygen atoms in total. The largest absolute Gasteiger partial charge is 0.462 e. The van der Waals surface area contributed by atoms with Crippen molar-refractivity contribution in [3.8, 4) is 0 Å². The summed E-state index contributed by atoms with van der Waals surface area (Å²) in [5, 5.41) is 7.67. The van der Waals surface area contributed by atoms with Gasteiger partial charge >= 0.3 is 5.97 Å². The Kier molecular flexibility index (Phi) is 4.79. The first kappa shape index (κ1) is 17.3. The highest BCUT2D eigenvalue weighted by Crippen LogP contribution is 2.17. The third-order valence-electron chi connectivity index (χ3n) is 3.80. The molecule has 1 amide bonds. The number of esters is 1. The molecule has 0 fully saturated rings. The van der Waals surface area contributed by atoms with Crippen LogP contribution in [0, 0.1) is 0 Å². The summed E-state index contributed by atoms with van der Waals surface area (Å²) >= 11 is 0. The van der Waals surface area contributed by atoms with E-state index in [4.69, 9.17) is 4.74 Å². The third-order valence-corrected chi connectivity index (χ3v) is 3.80. The number of benzene rings is 2. The van der Waals surface area contributed by atoms with Crippen molar-refractivity contribution in [2.75, 3.05) is 11.9 Å². The molecular weight excluding hydrogens is 334 g/mol. The molecule has 132 valence electrons. The van der Waals surface area contributed by atoms with E-state index in [9.17, 15) is 14.4 Å². The Labute approximate surface area is 149 Å². The van der Waals surface area contributed by atoms with Crippen LogP contribution in [0.25, 0.3) is 10.8 Å². The summed E-state index contributed by atoms with van der Waals surface area (Å²) in [7, 11) is 1.49. The predicted molar refractivity (Wildman–Crippen MR) is 97.3 cm³/mol. The van der Waals surface area contributed by atoms with Crippen molar-refractivity contribution in [1.29, 1.82) is 0 Å². The number of fused-ring (bicyclic) bond motifs is 1. The number of hydrogen-bond donors (Lipinski definition) is 1. The predicted octanol–water partition coefficient (Wildman–Crippen LogP) is 2.36. The number of nitrogens with zero attached hydrogens (tertiary/aromatic N) is 2. The maximum atomic E-state index is 12.7. The van der Waals surface area contributed by atoms with E-state index in [2.05, 4.69) is 10.4 Å². The lowest BCUT2D eigenvalue weighted by Crippen LogP contribution is -2.25. The van der Waals surface area contributed by atoms with Crippen LogP contribution in [0.3, 0.4) is 0 Å². The molecule has 0 aliphatic heterocycles. The Balaban J connectivity index is 1.96. The van der Waals surface area contributed by atoms with Crippen LogP contribution in [-0.4, -0.2) is 28.3 Å². The Morgan fingerprint density at radius 2 is 1.85 bits per heavy atom. The Bertz CT molecular complexity index is 1060. The van der Waals surface area contributed by atoms with Gasteiger partial charge in [0.15, 0.2) is 5.69 Å². The Hall–Kier alpha value is -3.48. The smallest absolute Gasteiger partial charge is 0.338 e. The van der Waals surface area contributed by atoms with Gasteiger partial charge in [-0.15, -0.1) is 0 Å². The molecule has 0 aliphatic rings. The van der Waals surface area contributed by atoms with E-state index in [1.54, 1.807) is 49.4 Å². The molecule has 1 N–H and O–H groups in total. The fraction of sp³-hybridized carbons (Fsp3) is 0.158. The molecule has 0 saturated heterocycles. The van der Waals surface area contributed by atoms with Gasteiger partial charge in [0.2, 0.25) is 0 Å². The number of anilines is 1. The zero-order valence-corrected chi connectivity index (χ0v) is 14.4. The standard InChI is InChI=1S/C19H17N3O4/c1-3-26-19(25)12-7-6-8-13(11-12)20-17(23)16-14-9-4-5-10-15(14)18(24)22(2)21-16/h4-11H,3H2,1-2H3,(H,20,23). The van der Waals surface area contributed by atoms with Crippen molar-refractivity contribution < 1.29 is 14.3 Å². The zero-order chi connectivity index (χ0) is 18.7. The number of rotatable bonds is 4. The van der Waals surface area contributed by atoms with Gasteiger partial charge in [-0.1, -0.05) is 24.3 Å². The summed E-state index contributed by atoms with van der Waals surface area (Å²) in [5.41, 5.74) is 0.619. The quantitative estimate of drug-likeness (QED) is 0.729. The van der Waals surface area contributed by atoms with Crippen molar-refractivity contribution in [2.24, 2.45) is 7.05 Å². The first-order chi connectivity index (χ1) is 12.5. The van der Waals surface area contributed by atoms with Gasteiger partial charge in [0.25, 0.3) is 11.5 Å². The van der Waals surface area contributed by atoms with Gasteiger partial charge in [0.1, 0.15) is 0 Å². The average molecular weight is 351 g/mol. The van der Waals surface area contributed by atoms with Crippen molar-refractivity contribution in [1.82, 2.24) is 9.78 Å². The minimum absolute atomic E-state index is 0.129. The highest BCUT2D eigenvalue weighted by atomic mass is 16.5. The lowest BCUT2D eigenvalue weighted by molar-refractivity contribution is 0.0526. The molecule has 0 unspecified atom stereocenters. The third kappa shape index (κ3) is 3.32. The maximum absolute atomic E-state index is 12.7. The molecule has 26 heavy (non-hydrogen) atoms. The van der Waals surface area contributed by atoms with Crippen LogP contribution < -0.4 is 10.9 Å². The van der Waals surface area contributed by atoms with Crippen molar-refractivity contribution in [2.45, 2.75) is 6.92 Å². The average Bonchev–Trinajstić information content (AvgIpc) is 2.65. The summed E-state index contributed by atoms with van der Waals surface area (Å²) < 4.78 is 6.09. The second-order valence-electron chi connectivity index (χ2n) is 5.58. The molecule has 0 aliphatic carbocycles. The normalized spacial score (nSPS) is 10.5. The molecule has 1 aromatic heterocycles. The summed E-state index contributed by atoms with van der Waals surface area (Å²) in [6.07, 6.45) is 0. The second-order valence-corrected chi connectivity index (χ2v) is 5.58. The lowest BCUT2D eigenvalue weighted by Gasteiger charge is -2.10. The van der Waals surface area contributed by atoms with Gasteiger partial charge in [-0.3, -0.25) is 9.59 Å². The summed E-state index contributed by atoms with van der Waals surface area (Å²) in [4.78, 5) is 36.7. The van der Waals surface area contributed by atoms with Crippen molar-refractivity contribution in [3.05, 3.63) is 70.1 Å². The number of aromatic nitrogens is 2. The Morgan fingerprint density at radius 3 is 2.58 bits per heavy atom. The van der Waals surface area contributed by atoms with E-state index >= 15 is 0 Å². The van der Waals surface area contributed by atoms with Crippen LogP contribution in [-0.2, 0) is 11.8 Å². The number of aryl methyl sites for hydroxylation is 1. The number of amides is 1. The number of carbonyl (C=O) groups is 2. The van der Waals surface area contributed by atoms with E-state index in [-0.39, 0.29) is 17.9 Å². The summed E-state index contributed by atoms with van der Waals surface area (Å²) in [6.45, 7) is 1.99. The molecule has 0 spiro atoms. The summed E-state index contributed by atoms with van der Waals surface area (Å²) in [5.74, 6) is -0.938. The van der Waals surface area contributed by atoms with Gasteiger partial charge in [-0.05, 0) is 31.2 Å². The van der Waals surface area contributed by atoms with Crippen LogP contribution in [0.5, 0.6) is 0 Å². The van der Waals surface area contributed by atoms with E-state index in [0.29, 0.717) is 22.0 Å². The molecule has 0 saturated carbocycles. The van der Waals surface area contributed by atoms with Gasteiger partial charge in [0, 0.05) is 18.1 Å². The minimum atomic E-state index is -0.474. The van der Waals surface area contributed by atoms with Crippen LogP contribution in [0.15, 0.2) is 53.3 Å². The van der Waals surface area contributed by atoms with Crippen LogP contribution in [0.1, 0.15) is 27.8 Å². The number of ether oxygens (including phenoxy) is 1. The SMILES string of the molecule is CCOC(=O)c1cccc(NC(=O)c2nn(C)c(=O)c3ccccc23)c1. The number of hydrogen-bond acceptors (Lipinski definition) is 5. The minimum Gasteiger partial charge on any atom is -0.462 e. The van der Waals surface area contributed by atoms with Gasteiger partial charge in [-0.25, -0.2) is 9.48 Å². The van der Waals surface area contributed by atoms with Gasteiger partial charge in [0.05, 0.1) is 17.6 Å². The molecule has 0 bridgehead atoms. The zero-order valence-electron chi connectivity index (χ0n) is 14.4. The van der Waals surface area contributed by atoms with Crippen molar-refractivity contribution in [3.63, 3.8) is 0 Å². The second kappa shape index (κ2) is 7.18. The molecule has 7 heteroatoms. The van der Waals surface area contributed by atoms with Crippen molar-refractivity contribution >= 4 is 28.3 Å². The molecule has 0 radical (unpaired) electrons. The lowest BCUT2D eigenvalue weighted by atomic mass is 10.1. The molecular formula is C19H17N3O4. The molecule has 1 heterocycles. The van der Waals surface area contributed by atoms with Crippen LogP contribution in [0.2, 0.25) is 0 Å². The van der Waals surface area contributed by atoms with E-state index in [1.807, 2.05) is 0 Å². The number of nitrogens with one attached hydrogen (secondary N) is 1. The maximum Gasteiger partial charge on any atom is 0.338 e. The highest BCUT2D eigenvalue weighted by Gasteiger charge is 2.16. The topological polar surface area (TPSA) is 90.3 Å². The molecule has 2 aromatic carbocycles. The van der Waals surface area contributed by atoms with Gasteiger partial charge < -0.3 is 10.1 Å². The van der Waals surface area contributed by atoms with E-state index in [1.165, 1.54) is 13.1 Å². The molecule has 0 atom stereocenters. The first-order valence-corrected chi connectivity index (χ1v) is 8.06.